The van der Waals surface area contributed by atoms with Gasteiger partial charge in [-0.3, -0.25) is 9.69 Å². The van der Waals surface area contributed by atoms with Crippen molar-refractivity contribution in [3.8, 4) is 0 Å². The zero-order valence-electron chi connectivity index (χ0n) is 18.9. The molecule has 0 saturated carbocycles. The summed E-state index contributed by atoms with van der Waals surface area (Å²) in [5, 5.41) is 3.25. The fraction of sp³-hybridized carbons (Fsp3) is 0.560. The van der Waals surface area contributed by atoms with Crippen LogP contribution in [0, 0.1) is 25.7 Å². The van der Waals surface area contributed by atoms with Crippen molar-refractivity contribution in [2.45, 2.75) is 46.1 Å². The van der Waals surface area contributed by atoms with E-state index in [-0.39, 0.29) is 11.8 Å². The molecule has 6 heteroatoms. The Kier molecular flexibility index (Phi) is 7.17. The Hall–Kier alpha value is -2.47. The van der Waals surface area contributed by atoms with Crippen LogP contribution >= 0.6 is 0 Å². The third kappa shape index (κ3) is 5.82. The zero-order valence-corrected chi connectivity index (χ0v) is 18.9. The second-order valence-corrected chi connectivity index (χ2v) is 9.15. The third-order valence-corrected chi connectivity index (χ3v) is 6.86. The van der Waals surface area contributed by atoms with Crippen molar-refractivity contribution >= 4 is 11.9 Å². The van der Waals surface area contributed by atoms with Gasteiger partial charge in [0.05, 0.1) is 0 Å². The van der Waals surface area contributed by atoms with Crippen molar-refractivity contribution < 1.29 is 4.79 Å². The molecule has 166 valence electrons. The van der Waals surface area contributed by atoms with E-state index in [0.717, 1.165) is 76.6 Å². The Morgan fingerprint density at radius 1 is 1.03 bits per heavy atom. The first-order valence-electron chi connectivity index (χ1n) is 11.7. The van der Waals surface area contributed by atoms with Gasteiger partial charge in [-0.25, -0.2) is 9.97 Å². The van der Waals surface area contributed by atoms with Crippen LogP contribution in [0.3, 0.4) is 0 Å². The number of nitrogens with zero attached hydrogens (tertiary/aromatic N) is 4. The lowest BCUT2D eigenvalue weighted by Crippen LogP contribution is -2.43. The highest BCUT2D eigenvalue weighted by molar-refractivity contribution is 5.78. The van der Waals surface area contributed by atoms with Crippen molar-refractivity contribution in [1.29, 1.82) is 0 Å². The van der Waals surface area contributed by atoms with Gasteiger partial charge in [-0.2, -0.15) is 0 Å². The van der Waals surface area contributed by atoms with Gasteiger partial charge in [-0.15, -0.1) is 0 Å². The van der Waals surface area contributed by atoms with E-state index < -0.39 is 0 Å². The Labute approximate surface area is 186 Å². The molecule has 2 aromatic rings. The van der Waals surface area contributed by atoms with E-state index in [2.05, 4.69) is 56.3 Å². The van der Waals surface area contributed by atoms with Crippen LogP contribution in [0.5, 0.6) is 0 Å². The van der Waals surface area contributed by atoms with E-state index >= 15 is 0 Å². The monoisotopic (exact) mass is 421 g/mol. The summed E-state index contributed by atoms with van der Waals surface area (Å²) in [5.74, 6) is 1.73. The number of likely N-dealkylation sites (tertiary alicyclic amines) is 1. The fourth-order valence-electron chi connectivity index (χ4n) is 4.70. The molecule has 4 rings (SSSR count). The summed E-state index contributed by atoms with van der Waals surface area (Å²) in [7, 11) is 0. The maximum absolute atomic E-state index is 12.7. The molecule has 1 aromatic carbocycles. The molecule has 31 heavy (non-hydrogen) atoms. The molecular weight excluding hydrogens is 386 g/mol. The highest BCUT2D eigenvalue weighted by atomic mass is 16.1. The van der Waals surface area contributed by atoms with Crippen molar-refractivity contribution in [3.63, 3.8) is 0 Å². The second-order valence-electron chi connectivity index (χ2n) is 9.15. The lowest BCUT2D eigenvalue weighted by molar-refractivity contribution is -0.125. The number of anilines is 1. The van der Waals surface area contributed by atoms with Crippen LogP contribution < -0.4 is 10.2 Å². The van der Waals surface area contributed by atoms with Gasteiger partial charge in [0.15, 0.2) is 0 Å². The Morgan fingerprint density at radius 2 is 1.77 bits per heavy atom. The van der Waals surface area contributed by atoms with Gasteiger partial charge in [0.25, 0.3) is 0 Å². The average Bonchev–Trinajstić information content (AvgIpc) is 2.80. The number of amides is 1. The highest BCUT2D eigenvalue weighted by Crippen LogP contribution is 2.22. The first kappa shape index (κ1) is 21.8. The number of carbonyl (C=O) groups is 1. The Bertz CT molecular complexity index is 870. The van der Waals surface area contributed by atoms with Gasteiger partial charge in [-0.05, 0) is 75.7 Å². The van der Waals surface area contributed by atoms with Gasteiger partial charge >= 0.3 is 0 Å². The van der Waals surface area contributed by atoms with Crippen molar-refractivity contribution in [2.75, 3.05) is 37.6 Å². The minimum atomic E-state index is 0.113. The van der Waals surface area contributed by atoms with E-state index in [1.54, 1.807) is 0 Å². The van der Waals surface area contributed by atoms with E-state index in [4.69, 9.17) is 0 Å². The molecule has 0 atom stereocenters. The third-order valence-electron chi connectivity index (χ3n) is 6.86. The van der Waals surface area contributed by atoms with Crippen LogP contribution in [0.25, 0.3) is 0 Å². The van der Waals surface area contributed by atoms with Gasteiger partial charge in [0.2, 0.25) is 11.9 Å². The van der Waals surface area contributed by atoms with E-state index in [9.17, 15) is 4.79 Å². The number of aromatic nitrogens is 2. The van der Waals surface area contributed by atoms with E-state index in [1.165, 1.54) is 11.1 Å². The standard InChI is InChI=1S/C25H35N5O/c1-19-5-3-4-6-23(19)18-29-13-8-21(9-14-29)17-27-24(31)22-10-15-30(16-11-22)25-26-12-7-20(2)28-25/h3-7,12,21-22H,8-11,13-18H2,1-2H3,(H,27,31). The minimum absolute atomic E-state index is 0.113. The van der Waals surface area contributed by atoms with Crippen molar-refractivity contribution in [3.05, 3.63) is 53.3 Å². The predicted molar refractivity (Wildman–Crippen MR) is 124 cm³/mol. The molecule has 6 nitrogen and oxygen atoms in total. The van der Waals surface area contributed by atoms with Gasteiger partial charge < -0.3 is 10.2 Å². The maximum Gasteiger partial charge on any atom is 0.225 e. The lowest BCUT2D eigenvalue weighted by Gasteiger charge is -2.33. The molecule has 0 radical (unpaired) electrons. The molecule has 0 unspecified atom stereocenters. The molecule has 0 aliphatic carbocycles. The number of rotatable bonds is 6. The number of nitrogens with one attached hydrogen (secondary N) is 1. The van der Waals surface area contributed by atoms with Crippen LogP contribution in [0.2, 0.25) is 0 Å². The maximum atomic E-state index is 12.7. The van der Waals surface area contributed by atoms with Crippen LogP contribution in [-0.2, 0) is 11.3 Å². The van der Waals surface area contributed by atoms with Crippen LogP contribution in [0.1, 0.15) is 42.5 Å². The summed E-state index contributed by atoms with van der Waals surface area (Å²) in [4.78, 5) is 26.3. The molecule has 1 amide bonds. The smallest absolute Gasteiger partial charge is 0.225 e. The number of piperidine rings is 2. The van der Waals surface area contributed by atoms with E-state index in [0.29, 0.717) is 5.92 Å². The number of hydrogen-bond donors (Lipinski definition) is 1. The fourth-order valence-corrected chi connectivity index (χ4v) is 4.70. The predicted octanol–water partition coefficient (Wildman–Crippen LogP) is 3.34. The summed E-state index contributed by atoms with van der Waals surface area (Å²) in [6.45, 7) is 9.95. The summed E-state index contributed by atoms with van der Waals surface area (Å²) in [6, 6.07) is 10.6. The van der Waals surface area contributed by atoms with Crippen molar-refractivity contribution in [1.82, 2.24) is 20.2 Å². The molecule has 1 aromatic heterocycles. The van der Waals surface area contributed by atoms with E-state index in [1.807, 2.05) is 19.2 Å². The number of aryl methyl sites for hydroxylation is 2. The SMILES string of the molecule is Cc1ccnc(N2CCC(C(=O)NCC3CCN(Cc4ccccc4C)CC3)CC2)n1. The number of carbonyl (C=O) groups excluding carboxylic acids is 1. The average molecular weight is 422 g/mol. The van der Waals surface area contributed by atoms with Crippen LogP contribution in [0.4, 0.5) is 5.95 Å². The molecule has 2 saturated heterocycles. The highest BCUT2D eigenvalue weighted by Gasteiger charge is 2.27. The molecule has 2 aliphatic heterocycles. The molecule has 1 N–H and O–H groups in total. The summed E-state index contributed by atoms with van der Waals surface area (Å²) in [6.07, 6.45) is 5.88. The summed E-state index contributed by atoms with van der Waals surface area (Å²) >= 11 is 0. The molecule has 0 spiro atoms. The normalized spacial score (nSPS) is 18.8. The Morgan fingerprint density at radius 3 is 2.48 bits per heavy atom. The summed E-state index contributed by atoms with van der Waals surface area (Å²) in [5.41, 5.74) is 3.78. The van der Waals surface area contributed by atoms with Crippen LogP contribution in [-0.4, -0.2) is 53.5 Å². The first-order valence-corrected chi connectivity index (χ1v) is 11.7. The quantitative estimate of drug-likeness (QED) is 0.775. The first-order chi connectivity index (χ1) is 15.1. The molecule has 3 heterocycles. The molecule has 0 bridgehead atoms. The molecule has 2 fully saturated rings. The molecular formula is C25H35N5O. The Balaban J connectivity index is 1.16. The van der Waals surface area contributed by atoms with Gasteiger partial charge in [-0.1, -0.05) is 24.3 Å². The number of benzene rings is 1. The van der Waals surface area contributed by atoms with Crippen molar-refractivity contribution in [2.24, 2.45) is 11.8 Å². The second kappa shape index (κ2) is 10.2. The lowest BCUT2D eigenvalue weighted by atomic mass is 9.94. The van der Waals surface area contributed by atoms with Gasteiger partial charge in [0.1, 0.15) is 0 Å². The zero-order chi connectivity index (χ0) is 21.6. The topological polar surface area (TPSA) is 61.4 Å². The van der Waals surface area contributed by atoms with Crippen LogP contribution in [0.15, 0.2) is 36.5 Å². The number of hydrogen-bond acceptors (Lipinski definition) is 5. The summed E-state index contributed by atoms with van der Waals surface area (Å²) < 4.78 is 0. The largest absolute Gasteiger partial charge is 0.356 e. The minimum Gasteiger partial charge on any atom is -0.356 e. The van der Waals surface area contributed by atoms with Gasteiger partial charge in [0, 0.05) is 44.0 Å². The molecule has 2 aliphatic rings.